The lowest BCUT2D eigenvalue weighted by Crippen LogP contribution is -2.12. The molecule has 0 saturated heterocycles. The van der Waals surface area contributed by atoms with E-state index in [0.29, 0.717) is 5.69 Å². The molecule has 0 spiro atoms. The fourth-order valence-electron chi connectivity index (χ4n) is 1.77. The van der Waals surface area contributed by atoms with E-state index in [4.69, 9.17) is 5.73 Å². The molecule has 1 aromatic heterocycles. The molecule has 0 aliphatic carbocycles. The summed E-state index contributed by atoms with van der Waals surface area (Å²) in [5.41, 5.74) is 7.64. The van der Waals surface area contributed by atoms with E-state index in [1.165, 1.54) is 6.07 Å². The molecule has 2 N–H and O–H groups in total. The quantitative estimate of drug-likeness (QED) is 0.907. The Balaban J connectivity index is 2.54. The van der Waals surface area contributed by atoms with Gasteiger partial charge in [-0.2, -0.15) is 5.10 Å². The Kier molecular flexibility index (Phi) is 3.41. The highest BCUT2D eigenvalue weighted by Crippen LogP contribution is 2.24. The summed E-state index contributed by atoms with van der Waals surface area (Å²) in [5, 5.41) is 4.44. The maximum absolute atomic E-state index is 13.3. The van der Waals surface area contributed by atoms with Gasteiger partial charge in [-0.3, -0.25) is 0 Å². The van der Waals surface area contributed by atoms with Crippen LogP contribution in [0.15, 0.2) is 24.3 Å². The van der Waals surface area contributed by atoms with Crippen LogP contribution in [-0.2, 0) is 12.0 Å². The molecule has 0 bridgehead atoms. The van der Waals surface area contributed by atoms with Gasteiger partial charge in [0, 0.05) is 18.0 Å². The Bertz CT molecular complexity index is 597. The smallest absolute Gasteiger partial charge is 0.160 e. The zero-order chi connectivity index (χ0) is 14.2. The third-order valence-corrected chi connectivity index (χ3v) is 2.91. The lowest BCUT2D eigenvalue weighted by Gasteiger charge is -2.14. The van der Waals surface area contributed by atoms with Crippen LogP contribution in [0.25, 0.3) is 5.69 Å². The Morgan fingerprint density at radius 2 is 1.84 bits per heavy atom. The average molecular weight is 265 g/mol. The van der Waals surface area contributed by atoms with Gasteiger partial charge in [0.25, 0.3) is 0 Å². The number of hydrogen-bond donors (Lipinski definition) is 1. The molecular formula is C14H17F2N3. The summed E-state index contributed by atoms with van der Waals surface area (Å²) in [6.07, 6.45) is 0. The molecule has 0 radical (unpaired) electrons. The molecule has 0 aliphatic heterocycles. The molecule has 2 aromatic rings. The minimum Gasteiger partial charge on any atom is -0.325 e. The summed E-state index contributed by atoms with van der Waals surface area (Å²) >= 11 is 0. The van der Waals surface area contributed by atoms with E-state index in [9.17, 15) is 8.78 Å². The van der Waals surface area contributed by atoms with Crippen LogP contribution in [0.2, 0.25) is 0 Å². The van der Waals surface area contributed by atoms with Crippen molar-refractivity contribution in [3.63, 3.8) is 0 Å². The van der Waals surface area contributed by atoms with Crippen molar-refractivity contribution in [1.82, 2.24) is 9.78 Å². The molecule has 102 valence electrons. The molecule has 0 amide bonds. The number of benzene rings is 1. The van der Waals surface area contributed by atoms with Crippen molar-refractivity contribution in [2.75, 3.05) is 0 Å². The number of halogens is 2. The predicted octanol–water partition coefficient (Wildman–Crippen LogP) is 2.91. The number of hydrogen-bond acceptors (Lipinski definition) is 2. The van der Waals surface area contributed by atoms with Crippen LogP contribution in [0.3, 0.4) is 0 Å². The lowest BCUT2D eigenvalue weighted by atomic mass is 9.92. The van der Waals surface area contributed by atoms with Crippen LogP contribution in [0.4, 0.5) is 8.78 Å². The maximum atomic E-state index is 13.3. The fraction of sp³-hybridized carbons (Fsp3) is 0.357. The van der Waals surface area contributed by atoms with Crippen LogP contribution in [0, 0.1) is 11.6 Å². The van der Waals surface area contributed by atoms with Crippen LogP contribution >= 0.6 is 0 Å². The Morgan fingerprint density at radius 3 is 2.37 bits per heavy atom. The van der Waals surface area contributed by atoms with Gasteiger partial charge in [-0.05, 0) is 18.2 Å². The molecule has 1 aromatic carbocycles. The van der Waals surface area contributed by atoms with Gasteiger partial charge >= 0.3 is 0 Å². The zero-order valence-electron chi connectivity index (χ0n) is 11.2. The molecule has 5 heteroatoms. The highest BCUT2D eigenvalue weighted by Gasteiger charge is 2.20. The lowest BCUT2D eigenvalue weighted by molar-refractivity contribution is 0.506. The SMILES string of the molecule is CC(C)(C)c1cc(CN)n(-c2ccc(F)c(F)c2)n1. The Morgan fingerprint density at radius 1 is 1.16 bits per heavy atom. The monoisotopic (exact) mass is 265 g/mol. The molecule has 0 fully saturated rings. The van der Waals surface area contributed by atoms with Crippen molar-refractivity contribution in [3.05, 3.63) is 47.3 Å². The largest absolute Gasteiger partial charge is 0.325 e. The van der Waals surface area contributed by atoms with Crippen LogP contribution < -0.4 is 5.73 Å². The van der Waals surface area contributed by atoms with Crippen molar-refractivity contribution in [2.45, 2.75) is 32.7 Å². The summed E-state index contributed by atoms with van der Waals surface area (Å²) in [6, 6.07) is 5.58. The van der Waals surface area contributed by atoms with Crippen molar-refractivity contribution in [3.8, 4) is 5.69 Å². The van der Waals surface area contributed by atoms with Gasteiger partial charge in [-0.1, -0.05) is 20.8 Å². The van der Waals surface area contributed by atoms with Gasteiger partial charge in [0.15, 0.2) is 11.6 Å². The number of nitrogens with zero attached hydrogens (tertiary/aromatic N) is 2. The third-order valence-electron chi connectivity index (χ3n) is 2.91. The second-order valence-corrected chi connectivity index (χ2v) is 5.49. The van der Waals surface area contributed by atoms with E-state index in [1.807, 2.05) is 26.8 Å². The van der Waals surface area contributed by atoms with Gasteiger partial charge in [0.05, 0.1) is 17.1 Å². The predicted molar refractivity (Wildman–Crippen MR) is 70.1 cm³/mol. The topological polar surface area (TPSA) is 43.8 Å². The first-order valence-corrected chi connectivity index (χ1v) is 6.08. The van der Waals surface area contributed by atoms with Crippen molar-refractivity contribution in [1.29, 1.82) is 0 Å². The van der Waals surface area contributed by atoms with Crippen molar-refractivity contribution < 1.29 is 8.78 Å². The van der Waals surface area contributed by atoms with Crippen LogP contribution in [0.1, 0.15) is 32.2 Å². The molecule has 3 nitrogen and oxygen atoms in total. The molecule has 0 unspecified atom stereocenters. The highest BCUT2D eigenvalue weighted by atomic mass is 19.2. The zero-order valence-corrected chi connectivity index (χ0v) is 11.2. The molecule has 0 saturated carbocycles. The van der Waals surface area contributed by atoms with Crippen molar-refractivity contribution >= 4 is 0 Å². The van der Waals surface area contributed by atoms with Gasteiger partial charge in [-0.15, -0.1) is 0 Å². The second-order valence-electron chi connectivity index (χ2n) is 5.49. The third kappa shape index (κ3) is 2.66. The van der Waals surface area contributed by atoms with E-state index in [2.05, 4.69) is 5.10 Å². The van der Waals surface area contributed by atoms with Crippen LogP contribution in [0.5, 0.6) is 0 Å². The molecule has 0 atom stereocenters. The van der Waals surface area contributed by atoms with E-state index in [0.717, 1.165) is 23.5 Å². The first kappa shape index (κ1) is 13.7. The number of nitrogens with two attached hydrogens (primary N) is 1. The van der Waals surface area contributed by atoms with Crippen molar-refractivity contribution in [2.24, 2.45) is 5.73 Å². The summed E-state index contributed by atoms with van der Waals surface area (Å²) in [7, 11) is 0. The summed E-state index contributed by atoms with van der Waals surface area (Å²) in [4.78, 5) is 0. The fourth-order valence-corrected chi connectivity index (χ4v) is 1.77. The summed E-state index contributed by atoms with van der Waals surface area (Å²) in [6.45, 7) is 6.38. The number of aromatic nitrogens is 2. The summed E-state index contributed by atoms with van der Waals surface area (Å²) < 4.78 is 27.8. The summed E-state index contributed by atoms with van der Waals surface area (Å²) in [5.74, 6) is -1.77. The Labute approximate surface area is 111 Å². The average Bonchev–Trinajstić information content (AvgIpc) is 2.76. The van der Waals surface area contributed by atoms with Gasteiger partial charge in [0.2, 0.25) is 0 Å². The van der Waals surface area contributed by atoms with E-state index in [-0.39, 0.29) is 12.0 Å². The minimum atomic E-state index is -0.895. The van der Waals surface area contributed by atoms with Gasteiger partial charge in [-0.25, -0.2) is 13.5 Å². The Hall–Kier alpha value is -1.75. The molecule has 1 heterocycles. The second kappa shape index (κ2) is 4.74. The maximum Gasteiger partial charge on any atom is 0.160 e. The molecule has 2 rings (SSSR count). The van der Waals surface area contributed by atoms with E-state index < -0.39 is 11.6 Å². The standard InChI is InChI=1S/C14H17F2N3/c1-14(2,3)13-7-10(8-17)19(18-13)9-4-5-11(15)12(16)6-9/h4-7H,8,17H2,1-3H3. The molecule has 19 heavy (non-hydrogen) atoms. The first-order valence-electron chi connectivity index (χ1n) is 6.08. The molecular weight excluding hydrogens is 248 g/mol. The number of rotatable bonds is 2. The normalized spacial score (nSPS) is 11.9. The minimum absolute atomic E-state index is 0.131. The van der Waals surface area contributed by atoms with Crippen LogP contribution in [-0.4, -0.2) is 9.78 Å². The van der Waals surface area contributed by atoms with E-state index in [1.54, 1.807) is 4.68 Å². The van der Waals surface area contributed by atoms with Gasteiger partial charge in [0.1, 0.15) is 0 Å². The molecule has 0 aliphatic rings. The highest BCUT2D eigenvalue weighted by molar-refractivity contribution is 5.35. The van der Waals surface area contributed by atoms with E-state index >= 15 is 0 Å². The van der Waals surface area contributed by atoms with Gasteiger partial charge < -0.3 is 5.73 Å². The first-order chi connectivity index (χ1) is 8.82.